The fourth-order valence-corrected chi connectivity index (χ4v) is 0.611. The summed E-state index contributed by atoms with van der Waals surface area (Å²) in [5.74, 6) is -0.953. The Morgan fingerprint density at radius 3 is 1.80 bits per heavy atom. The van der Waals surface area contributed by atoms with Crippen LogP contribution in [0.3, 0.4) is 0 Å². The zero-order chi connectivity index (χ0) is 15.4. The number of aliphatic hydroxyl groups excluding tert-OH is 1. The zero-order valence-electron chi connectivity index (χ0n) is 12.2. The van der Waals surface area contributed by atoms with E-state index < -0.39 is 5.97 Å². The first-order valence-electron chi connectivity index (χ1n) is 5.30. The number of halogens is 1. The summed E-state index contributed by atoms with van der Waals surface area (Å²) in [6.45, 7) is 2.18. The van der Waals surface area contributed by atoms with Crippen molar-refractivity contribution in [1.29, 1.82) is 0 Å². The molecular formula is C10H22ClNaO8. The van der Waals surface area contributed by atoms with Gasteiger partial charge < -0.3 is 33.8 Å². The molecular weight excluding hydrogens is 307 g/mol. The summed E-state index contributed by atoms with van der Waals surface area (Å²) in [6, 6.07) is 0. The molecule has 0 heterocycles. The maximum atomic E-state index is 9.80. The molecule has 0 saturated heterocycles. The van der Waals surface area contributed by atoms with Gasteiger partial charge >= 0.3 is 35.5 Å². The minimum Gasteiger partial charge on any atom is -0.769 e. The minimum absolute atomic E-state index is 0. The van der Waals surface area contributed by atoms with Crippen molar-refractivity contribution < 1.29 is 68.2 Å². The Balaban J connectivity index is -0.000000109. The molecule has 0 aliphatic rings. The Morgan fingerprint density at radius 1 is 1.00 bits per heavy atom. The van der Waals surface area contributed by atoms with E-state index in [-0.39, 0.29) is 42.8 Å². The van der Waals surface area contributed by atoms with Gasteiger partial charge in [0.15, 0.2) is 0 Å². The van der Waals surface area contributed by atoms with Crippen LogP contribution in [0.5, 0.6) is 0 Å². The topological polar surface area (TPSA) is 118 Å². The Morgan fingerprint density at radius 2 is 1.45 bits per heavy atom. The average Bonchev–Trinajstić information content (AvgIpc) is 2.43. The van der Waals surface area contributed by atoms with Gasteiger partial charge in [-0.3, -0.25) is 0 Å². The molecule has 0 bridgehead atoms. The van der Waals surface area contributed by atoms with Crippen molar-refractivity contribution >= 4 is 17.8 Å². The van der Waals surface area contributed by atoms with Crippen molar-refractivity contribution in [3.05, 3.63) is 0 Å². The third-order valence-corrected chi connectivity index (χ3v) is 1.32. The second kappa shape index (κ2) is 31.8. The van der Waals surface area contributed by atoms with Crippen molar-refractivity contribution in [2.75, 3.05) is 60.5 Å². The van der Waals surface area contributed by atoms with Gasteiger partial charge in [-0.15, -0.1) is 0 Å². The van der Waals surface area contributed by atoms with E-state index in [0.717, 1.165) is 0 Å². The number of rotatable bonds is 10. The molecule has 0 aromatic rings. The molecule has 10 heteroatoms. The van der Waals surface area contributed by atoms with E-state index in [1.807, 2.05) is 0 Å². The number of ether oxygens (including phenoxy) is 4. The standard InChI is InChI=1S/C5H10O4.C5H12O3.ClO.Na/c1-8-2-3-9-4-5(6)7;1-7-4-5-8-3-2-6;1-2;/h2-4H2,1H3,(H,6,7);6H,2-5H2,1H3;;/q;;-1;+1. The number of methoxy groups -OCH3 is 2. The summed E-state index contributed by atoms with van der Waals surface area (Å²) < 4.78 is 26.5. The molecule has 0 rings (SSSR count). The monoisotopic (exact) mass is 328 g/mol. The number of hydrogen-bond acceptors (Lipinski definition) is 7. The molecule has 0 radical (unpaired) electrons. The van der Waals surface area contributed by atoms with Crippen LogP contribution < -0.4 is 34.2 Å². The zero-order valence-corrected chi connectivity index (χ0v) is 14.9. The second-order valence-electron chi connectivity index (χ2n) is 2.77. The van der Waals surface area contributed by atoms with Gasteiger partial charge in [0.1, 0.15) is 6.61 Å². The Kier molecular flexibility index (Phi) is 45.5. The third-order valence-electron chi connectivity index (χ3n) is 1.32. The molecule has 0 spiro atoms. The molecule has 0 aliphatic heterocycles. The SMILES string of the molecule is COCCOCC(=O)O.COCCOCCO.[Na+].[O-]Cl. The summed E-state index contributed by atoms with van der Waals surface area (Å²) in [5, 5.41) is 16.2. The summed E-state index contributed by atoms with van der Waals surface area (Å²) in [7, 11) is 3.15. The van der Waals surface area contributed by atoms with Gasteiger partial charge in [-0.25, -0.2) is 16.7 Å². The van der Waals surface area contributed by atoms with Gasteiger partial charge in [0.05, 0.1) is 39.6 Å². The molecule has 0 unspecified atom stereocenters. The van der Waals surface area contributed by atoms with Gasteiger partial charge in [0, 0.05) is 14.2 Å². The molecule has 8 nitrogen and oxygen atoms in total. The fraction of sp³-hybridized carbons (Fsp3) is 0.900. The summed E-state index contributed by atoms with van der Waals surface area (Å²) in [6.07, 6.45) is 0. The number of carboxylic acids is 1. The summed E-state index contributed by atoms with van der Waals surface area (Å²) >= 11 is 3.39. The van der Waals surface area contributed by atoms with E-state index in [9.17, 15) is 4.79 Å². The fourth-order valence-electron chi connectivity index (χ4n) is 0.611. The Bertz CT molecular complexity index is 158. The van der Waals surface area contributed by atoms with E-state index in [0.29, 0.717) is 33.0 Å². The minimum atomic E-state index is -0.953. The molecule has 118 valence electrons. The number of aliphatic hydroxyl groups is 1. The smallest absolute Gasteiger partial charge is 0.769 e. The molecule has 0 aromatic carbocycles. The first-order chi connectivity index (χ1) is 9.18. The van der Waals surface area contributed by atoms with Crippen LogP contribution in [0.25, 0.3) is 0 Å². The van der Waals surface area contributed by atoms with Crippen molar-refractivity contribution in [2.24, 2.45) is 0 Å². The molecule has 0 atom stereocenters. The van der Waals surface area contributed by atoms with Crippen LogP contribution in [-0.2, 0) is 23.7 Å². The molecule has 2 N–H and O–H groups in total. The summed E-state index contributed by atoms with van der Waals surface area (Å²) in [5.41, 5.74) is 0. The van der Waals surface area contributed by atoms with Crippen LogP contribution >= 0.6 is 11.9 Å². The van der Waals surface area contributed by atoms with Gasteiger partial charge in [-0.1, -0.05) is 0 Å². The van der Waals surface area contributed by atoms with Gasteiger partial charge in [0.2, 0.25) is 0 Å². The van der Waals surface area contributed by atoms with Crippen LogP contribution in [0.15, 0.2) is 0 Å². The van der Waals surface area contributed by atoms with Crippen molar-refractivity contribution in [2.45, 2.75) is 0 Å². The predicted molar refractivity (Wildman–Crippen MR) is 66.0 cm³/mol. The van der Waals surface area contributed by atoms with Crippen molar-refractivity contribution in [3.8, 4) is 0 Å². The van der Waals surface area contributed by atoms with Crippen molar-refractivity contribution in [1.82, 2.24) is 0 Å². The number of hydrogen-bond donors (Lipinski definition) is 2. The third kappa shape index (κ3) is 42.8. The molecule has 0 aliphatic carbocycles. The first kappa shape index (κ1) is 28.6. The molecule has 20 heavy (non-hydrogen) atoms. The maximum Gasteiger partial charge on any atom is 1.00 e. The van der Waals surface area contributed by atoms with E-state index >= 15 is 0 Å². The van der Waals surface area contributed by atoms with Crippen LogP contribution in [0.2, 0.25) is 0 Å². The largest absolute Gasteiger partial charge is 1.00 e. The quantitative estimate of drug-likeness (QED) is 0.307. The average molecular weight is 329 g/mol. The van der Waals surface area contributed by atoms with Crippen LogP contribution in [0.4, 0.5) is 0 Å². The molecule has 0 aromatic heterocycles. The van der Waals surface area contributed by atoms with Gasteiger partial charge in [-0.2, -0.15) is 0 Å². The van der Waals surface area contributed by atoms with Crippen LogP contribution in [0, 0.1) is 0 Å². The number of carbonyl (C=O) groups is 1. The Labute approximate surface area is 146 Å². The molecule has 0 fully saturated rings. The molecule has 0 saturated carbocycles. The maximum absolute atomic E-state index is 9.80. The predicted octanol–water partition coefficient (Wildman–Crippen LogP) is -4.12. The summed E-state index contributed by atoms with van der Waals surface area (Å²) in [4.78, 5) is 9.80. The van der Waals surface area contributed by atoms with E-state index in [1.54, 1.807) is 7.11 Å². The second-order valence-corrected chi connectivity index (χ2v) is 2.77. The van der Waals surface area contributed by atoms with E-state index in [4.69, 9.17) is 19.6 Å². The van der Waals surface area contributed by atoms with Gasteiger partial charge in [-0.05, 0) is 0 Å². The normalized spacial score (nSPS) is 8.45. The van der Waals surface area contributed by atoms with E-state index in [2.05, 4.69) is 26.1 Å². The van der Waals surface area contributed by atoms with Crippen LogP contribution in [-0.4, -0.2) is 76.7 Å². The Hall–Kier alpha value is 0.520. The molecule has 0 amide bonds. The number of carboxylic acid groups (broad SMARTS) is 1. The first-order valence-corrected chi connectivity index (χ1v) is 5.61. The number of aliphatic carboxylic acids is 1. The van der Waals surface area contributed by atoms with Crippen molar-refractivity contribution in [3.63, 3.8) is 0 Å². The van der Waals surface area contributed by atoms with Crippen LogP contribution in [0.1, 0.15) is 0 Å². The van der Waals surface area contributed by atoms with Gasteiger partial charge in [0.25, 0.3) is 0 Å². The van der Waals surface area contributed by atoms with E-state index in [1.165, 1.54) is 7.11 Å².